The second-order valence-corrected chi connectivity index (χ2v) is 5.70. The SMILES string of the molecule is CCCc1nc(COc2cccc(C)c2)sc1CN. The summed E-state index contributed by atoms with van der Waals surface area (Å²) in [7, 11) is 0. The van der Waals surface area contributed by atoms with Gasteiger partial charge in [-0.1, -0.05) is 25.5 Å². The highest BCUT2D eigenvalue weighted by Gasteiger charge is 2.09. The monoisotopic (exact) mass is 276 g/mol. The van der Waals surface area contributed by atoms with Gasteiger partial charge in [-0.2, -0.15) is 0 Å². The topological polar surface area (TPSA) is 48.1 Å². The molecule has 4 heteroatoms. The van der Waals surface area contributed by atoms with Gasteiger partial charge in [-0.15, -0.1) is 11.3 Å². The number of benzene rings is 1. The summed E-state index contributed by atoms with van der Waals surface area (Å²) in [5, 5.41) is 1.01. The lowest BCUT2D eigenvalue weighted by atomic mass is 10.2. The van der Waals surface area contributed by atoms with Crippen LogP contribution in [0.25, 0.3) is 0 Å². The highest BCUT2D eigenvalue weighted by Crippen LogP contribution is 2.21. The average molecular weight is 276 g/mol. The molecule has 0 saturated carbocycles. The van der Waals surface area contributed by atoms with Gasteiger partial charge < -0.3 is 10.5 Å². The van der Waals surface area contributed by atoms with Crippen molar-refractivity contribution in [2.24, 2.45) is 5.73 Å². The summed E-state index contributed by atoms with van der Waals surface area (Å²) in [5.41, 5.74) is 8.09. The predicted octanol–water partition coefficient (Wildman–Crippen LogP) is 3.44. The first-order chi connectivity index (χ1) is 9.22. The third kappa shape index (κ3) is 3.78. The summed E-state index contributed by atoms with van der Waals surface area (Å²) in [6, 6.07) is 8.06. The maximum Gasteiger partial charge on any atom is 0.140 e. The first-order valence-corrected chi connectivity index (χ1v) is 7.41. The number of aryl methyl sites for hydroxylation is 2. The summed E-state index contributed by atoms with van der Waals surface area (Å²) >= 11 is 1.66. The van der Waals surface area contributed by atoms with Crippen molar-refractivity contribution < 1.29 is 4.74 Å². The molecule has 3 nitrogen and oxygen atoms in total. The second-order valence-electron chi connectivity index (χ2n) is 4.54. The van der Waals surface area contributed by atoms with Crippen LogP contribution in [-0.2, 0) is 19.6 Å². The Morgan fingerprint density at radius 3 is 2.89 bits per heavy atom. The van der Waals surface area contributed by atoms with Crippen LogP contribution in [0.15, 0.2) is 24.3 Å². The predicted molar refractivity (Wildman–Crippen MR) is 79.5 cm³/mol. The minimum absolute atomic E-state index is 0.519. The Kier molecular flexibility index (Phi) is 4.93. The standard InChI is InChI=1S/C15H20N2OS/c1-3-5-13-14(9-16)19-15(17-13)10-18-12-7-4-6-11(2)8-12/h4,6-8H,3,5,9-10,16H2,1-2H3. The molecule has 0 unspecified atom stereocenters. The molecule has 0 aliphatic carbocycles. The van der Waals surface area contributed by atoms with E-state index in [1.165, 1.54) is 10.4 Å². The largest absolute Gasteiger partial charge is 0.486 e. The smallest absolute Gasteiger partial charge is 0.140 e. The molecule has 0 bridgehead atoms. The molecule has 19 heavy (non-hydrogen) atoms. The van der Waals surface area contributed by atoms with Crippen LogP contribution >= 0.6 is 11.3 Å². The first kappa shape index (κ1) is 14.0. The lowest BCUT2D eigenvalue weighted by Gasteiger charge is -2.04. The minimum Gasteiger partial charge on any atom is -0.486 e. The highest BCUT2D eigenvalue weighted by molar-refractivity contribution is 7.11. The Bertz CT molecular complexity index is 537. The van der Waals surface area contributed by atoms with Crippen LogP contribution in [0.2, 0.25) is 0 Å². The molecule has 2 rings (SSSR count). The van der Waals surface area contributed by atoms with Crippen LogP contribution in [0.1, 0.15) is 34.5 Å². The van der Waals surface area contributed by atoms with Crippen LogP contribution in [-0.4, -0.2) is 4.98 Å². The average Bonchev–Trinajstić information content (AvgIpc) is 2.79. The quantitative estimate of drug-likeness (QED) is 0.879. The van der Waals surface area contributed by atoms with E-state index in [4.69, 9.17) is 10.5 Å². The van der Waals surface area contributed by atoms with Crippen LogP contribution in [0.5, 0.6) is 5.75 Å². The van der Waals surface area contributed by atoms with Crippen molar-refractivity contribution in [2.45, 2.75) is 39.8 Å². The molecule has 0 atom stereocenters. The van der Waals surface area contributed by atoms with E-state index in [1.54, 1.807) is 11.3 Å². The lowest BCUT2D eigenvalue weighted by molar-refractivity contribution is 0.305. The second kappa shape index (κ2) is 6.68. The van der Waals surface area contributed by atoms with E-state index in [0.717, 1.165) is 29.3 Å². The van der Waals surface area contributed by atoms with Gasteiger partial charge in [-0.05, 0) is 31.0 Å². The van der Waals surface area contributed by atoms with Crippen molar-refractivity contribution in [1.29, 1.82) is 0 Å². The third-order valence-electron chi connectivity index (χ3n) is 2.85. The number of thiazole rings is 1. The van der Waals surface area contributed by atoms with Gasteiger partial charge in [0.2, 0.25) is 0 Å². The van der Waals surface area contributed by atoms with Gasteiger partial charge in [-0.25, -0.2) is 4.98 Å². The number of ether oxygens (including phenoxy) is 1. The normalized spacial score (nSPS) is 10.7. The summed E-state index contributed by atoms with van der Waals surface area (Å²) in [5.74, 6) is 0.890. The van der Waals surface area contributed by atoms with E-state index in [-0.39, 0.29) is 0 Å². The molecule has 0 spiro atoms. The van der Waals surface area contributed by atoms with Gasteiger partial charge >= 0.3 is 0 Å². The van der Waals surface area contributed by atoms with Crippen LogP contribution in [0, 0.1) is 6.92 Å². The molecule has 102 valence electrons. The molecule has 0 radical (unpaired) electrons. The number of hydrogen-bond donors (Lipinski definition) is 1. The number of nitrogens with zero attached hydrogens (tertiary/aromatic N) is 1. The summed E-state index contributed by atoms with van der Waals surface area (Å²) < 4.78 is 5.77. The Labute approximate surface area is 118 Å². The van der Waals surface area contributed by atoms with E-state index in [2.05, 4.69) is 24.9 Å². The molecule has 0 aliphatic heterocycles. The van der Waals surface area contributed by atoms with Crippen molar-refractivity contribution in [2.75, 3.05) is 0 Å². The number of hydrogen-bond acceptors (Lipinski definition) is 4. The molecule has 0 amide bonds. The molecule has 1 heterocycles. The van der Waals surface area contributed by atoms with Gasteiger partial charge in [0, 0.05) is 11.4 Å². The van der Waals surface area contributed by atoms with Crippen molar-refractivity contribution in [3.63, 3.8) is 0 Å². The molecular formula is C15H20N2OS. The Hall–Kier alpha value is -1.39. The molecule has 0 fully saturated rings. The Morgan fingerprint density at radius 2 is 2.21 bits per heavy atom. The fourth-order valence-electron chi connectivity index (χ4n) is 1.94. The fraction of sp³-hybridized carbons (Fsp3) is 0.400. The van der Waals surface area contributed by atoms with Crippen molar-refractivity contribution in [3.05, 3.63) is 45.4 Å². The van der Waals surface area contributed by atoms with Gasteiger partial charge in [0.25, 0.3) is 0 Å². The van der Waals surface area contributed by atoms with Crippen LogP contribution in [0.4, 0.5) is 0 Å². The fourth-order valence-corrected chi connectivity index (χ4v) is 2.85. The molecule has 2 N–H and O–H groups in total. The van der Waals surface area contributed by atoms with Gasteiger partial charge in [0.15, 0.2) is 0 Å². The number of aromatic nitrogens is 1. The van der Waals surface area contributed by atoms with Gasteiger partial charge in [-0.3, -0.25) is 0 Å². The van der Waals surface area contributed by atoms with Gasteiger partial charge in [0.1, 0.15) is 17.4 Å². The van der Waals surface area contributed by atoms with E-state index in [1.807, 2.05) is 18.2 Å². The highest BCUT2D eigenvalue weighted by atomic mass is 32.1. The van der Waals surface area contributed by atoms with E-state index in [0.29, 0.717) is 13.2 Å². The third-order valence-corrected chi connectivity index (χ3v) is 3.94. The number of rotatable bonds is 6. The zero-order valence-electron chi connectivity index (χ0n) is 11.5. The molecule has 1 aromatic heterocycles. The Balaban J connectivity index is 2.03. The zero-order chi connectivity index (χ0) is 13.7. The van der Waals surface area contributed by atoms with Gasteiger partial charge in [0.05, 0.1) is 5.69 Å². The summed E-state index contributed by atoms with van der Waals surface area (Å²) in [4.78, 5) is 5.81. The maximum absolute atomic E-state index is 5.77. The van der Waals surface area contributed by atoms with E-state index in [9.17, 15) is 0 Å². The number of nitrogens with two attached hydrogens (primary N) is 1. The summed E-state index contributed by atoms with van der Waals surface area (Å²) in [6.07, 6.45) is 2.09. The maximum atomic E-state index is 5.77. The zero-order valence-corrected chi connectivity index (χ0v) is 12.3. The van der Waals surface area contributed by atoms with Crippen molar-refractivity contribution in [3.8, 4) is 5.75 Å². The Morgan fingerprint density at radius 1 is 1.37 bits per heavy atom. The van der Waals surface area contributed by atoms with E-state index < -0.39 is 0 Å². The summed E-state index contributed by atoms with van der Waals surface area (Å²) in [6.45, 7) is 5.30. The molecular weight excluding hydrogens is 256 g/mol. The molecule has 0 saturated heterocycles. The van der Waals surface area contributed by atoms with Crippen LogP contribution < -0.4 is 10.5 Å². The molecule has 1 aromatic carbocycles. The van der Waals surface area contributed by atoms with Crippen molar-refractivity contribution in [1.82, 2.24) is 4.98 Å². The van der Waals surface area contributed by atoms with Crippen molar-refractivity contribution >= 4 is 11.3 Å². The lowest BCUT2D eigenvalue weighted by Crippen LogP contribution is -1.98. The molecule has 0 aliphatic rings. The molecule has 2 aromatic rings. The minimum atomic E-state index is 0.519. The first-order valence-electron chi connectivity index (χ1n) is 6.60. The van der Waals surface area contributed by atoms with E-state index >= 15 is 0 Å². The van der Waals surface area contributed by atoms with Crippen LogP contribution in [0.3, 0.4) is 0 Å².